The fraction of sp³-hybridized carbons (Fsp3) is 0.273. The van der Waals surface area contributed by atoms with Gasteiger partial charge in [-0.2, -0.15) is 0 Å². The molecule has 0 bridgehead atoms. The highest BCUT2D eigenvalue weighted by Crippen LogP contribution is 2.13. The van der Waals surface area contributed by atoms with E-state index in [0.29, 0.717) is 5.56 Å². The molecule has 15 heavy (non-hydrogen) atoms. The van der Waals surface area contributed by atoms with E-state index in [4.69, 9.17) is 0 Å². The maximum Gasteiger partial charge on any atom is 0.339 e. The summed E-state index contributed by atoms with van der Waals surface area (Å²) in [6.45, 7) is 3.85. The van der Waals surface area contributed by atoms with Crippen molar-refractivity contribution in [2.24, 2.45) is 0 Å². The topological polar surface area (TPSA) is 43.6 Å². The highest BCUT2D eigenvalue weighted by molar-refractivity contribution is 5.89. The van der Waals surface area contributed by atoms with Gasteiger partial charge in [0.15, 0.2) is 0 Å². The van der Waals surface area contributed by atoms with Crippen LogP contribution in [-0.2, 0) is 4.74 Å². The van der Waals surface area contributed by atoms with E-state index in [-0.39, 0.29) is 5.97 Å². The second-order valence-corrected chi connectivity index (χ2v) is 3.41. The maximum absolute atomic E-state index is 11.3. The summed E-state index contributed by atoms with van der Waals surface area (Å²) in [5.74, 6) is 0.538. The smallest absolute Gasteiger partial charge is 0.339 e. The Kier molecular flexibility index (Phi) is 2.19. The van der Waals surface area contributed by atoms with Gasteiger partial charge in [0.25, 0.3) is 0 Å². The van der Waals surface area contributed by atoms with Gasteiger partial charge < -0.3 is 9.14 Å². The predicted molar refractivity (Wildman–Crippen MR) is 56.0 cm³/mol. The van der Waals surface area contributed by atoms with Gasteiger partial charge in [-0.15, -0.1) is 0 Å². The van der Waals surface area contributed by atoms with Gasteiger partial charge in [-0.3, -0.25) is 0 Å². The molecule has 0 saturated heterocycles. The molecule has 4 nitrogen and oxygen atoms in total. The number of aromatic nitrogens is 2. The first kappa shape index (κ1) is 9.71. The molecule has 0 aliphatic heterocycles. The summed E-state index contributed by atoms with van der Waals surface area (Å²) in [4.78, 5) is 15.6. The molecule has 0 aliphatic rings. The van der Waals surface area contributed by atoms with Crippen molar-refractivity contribution in [2.45, 2.75) is 13.8 Å². The van der Waals surface area contributed by atoms with Gasteiger partial charge in [0.05, 0.1) is 23.9 Å². The standard InChI is InChI=1S/C11H12N2O2/c1-7-10-5-4-9(11(14)15-3)6-13(10)8(2)12-7/h4-6H,1-3H3. The second kappa shape index (κ2) is 3.38. The van der Waals surface area contributed by atoms with Crippen LogP contribution < -0.4 is 0 Å². The molecular weight excluding hydrogens is 192 g/mol. The Bertz CT molecular complexity index is 529. The number of hydrogen-bond acceptors (Lipinski definition) is 3. The number of imidazole rings is 1. The lowest BCUT2D eigenvalue weighted by Gasteiger charge is -2.01. The largest absolute Gasteiger partial charge is 0.465 e. The molecule has 0 amide bonds. The predicted octanol–water partition coefficient (Wildman–Crippen LogP) is 1.74. The van der Waals surface area contributed by atoms with Gasteiger partial charge in [-0.1, -0.05) is 0 Å². The monoisotopic (exact) mass is 204 g/mol. The van der Waals surface area contributed by atoms with Gasteiger partial charge in [-0.25, -0.2) is 9.78 Å². The van der Waals surface area contributed by atoms with Crippen LogP contribution in [0.2, 0.25) is 0 Å². The van der Waals surface area contributed by atoms with Crippen LogP contribution in [-0.4, -0.2) is 22.5 Å². The third-order valence-electron chi connectivity index (χ3n) is 2.42. The Balaban J connectivity index is 2.65. The number of carbonyl (C=O) groups excluding carboxylic acids is 1. The number of hydrogen-bond donors (Lipinski definition) is 0. The van der Waals surface area contributed by atoms with Crippen LogP contribution in [0, 0.1) is 13.8 Å². The number of pyridine rings is 1. The number of esters is 1. The molecule has 0 aliphatic carbocycles. The molecule has 2 heterocycles. The first-order valence-electron chi connectivity index (χ1n) is 4.67. The number of fused-ring (bicyclic) bond motifs is 1. The SMILES string of the molecule is COC(=O)c1ccc2c(C)nc(C)n2c1. The van der Waals surface area contributed by atoms with Crippen molar-refractivity contribution in [3.8, 4) is 0 Å². The van der Waals surface area contributed by atoms with Gasteiger partial charge >= 0.3 is 5.97 Å². The quantitative estimate of drug-likeness (QED) is 0.664. The van der Waals surface area contributed by atoms with Gasteiger partial charge in [0, 0.05) is 6.20 Å². The van der Waals surface area contributed by atoms with Gasteiger partial charge in [0.2, 0.25) is 0 Å². The molecule has 2 aromatic heterocycles. The first-order valence-corrected chi connectivity index (χ1v) is 4.67. The van der Waals surface area contributed by atoms with Crippen molar-refractivity contribution in [3.05, 3.63) is 35.4 Å². The van der Waals surface area contributed by atoms with Crippen molar-refractivity contribution < 1.29 is 9.53 Å². The van der Waals surface area contributed by atoms with E-state index in [1.165, 1.54) is 7.11 Å². The molecule has 0 radical (unpaired) electrons. The number of carbonyl (C=O) groups is 1. The molecule has 78 valence electrons. The van der Waals surface area contributed by atoms with Crippen LogP contribution in [0.3, 0.4) is 0 Å². The molecule has 0 unspecified atom stereocenters. The highest BCUT2D eigenvalue weighted by Gasteiger charge is 2.09. The Morgan fingerprint density at radius 2 is 2.13 bits per heavy atom. The third kappa shape index (κ3) is 1.48. The number of aryl methyl sites for hydroxylation is 2. The zero-order chi connectivity index (χ0) is 11.0. The zero-order valence-corrected chi connectivity index (χ0v) is 8.94. The normalized spacial score (nSPS) is 10.6. The fourth-order valence-corrected chi connectivity index (χ4v) is 1.66. The van der Waals surface area contributed by atoms with Crippen molar-refractivity contribution in [2.75, 3.05) is 7.11 Å². The minimum atomic E-state index is -0.331. The average Bonchev–Trinajstić information content (AvgIpc) is 2.53. The van der Waals surface area contributed by atoms with Crippen molar-refractivity contribution in [1.82, 2.24) is 9.38 Å². The van der Waals surface area contributed by atoms with E-state index < -0.39 is 0 Å². The Morgan fingerprint density at radius 3 is 2.80 bits per heavy atom. The molecule has 2 aromatic rings. The van der Waals surface area contributed by atoms with Crippen LogP contribution in [0.15, 0.2) is 18.3 Å². The highest BCUT2D eigenvalue weighted by atomic mass is 16.5. The summed E-state index contributed by atoms with van der Waals surface area (Å²) in [6.07, 6.45) is 1.75. The van der Waals surface area contributed by atoms with Crippen molar-refractivity contribution in [1.29, 1.82) is 0 Å². The molecule has 0 atom stereocenters. The summed E-state index contributed by atoms with van der Waals surface area (Å²) in [7, 11) is 1.37. The molecule has 0 spiro atoms. The van der Waals surface area contributed by atoms with Crippen molar-refractivity contribution >= 4 is 11.5 Å². The molecule has 2 rings (SSSR count). The summed E-state index contributed by atoms with van der Waals surface area (Å²) < 4.78 is 6.55. The van der Waals surface area contributed by atoms with Crippen LogP contribution in [0.5, 0.6) is 0 Å². The zero-order valence-electron chi connectivity index (χ0n) is 8.94. The minimum Gasteiger partial charge on any atom is -0.465 e. The molecule has 0 saturated carbocycles. The van der Waals surface area contributed by atoms with E-state index in [1.54, 1.807) is 12.3 Å². The molecular formula is C11H12N2O2. The average molecular weight is 204 g/mol. The number of ether oxygens (including phenoxy) is 1. The minimum absolute atomic E-state index is 0.331. The molecule has 0 N–H and O–H groups in total. The number of rotatable bonds is 1. The fourth-order valence-electron chi connectivity index (χ4n) is 1.66. The van der Waals surface area contributed by atoms with E-state index in [2.05, 4.69) is 9.72 Å². The molecule has 0 aromatic carbocycles. The Morgan fingerprint density at radius 1 is 1.40 bits per heavy atom. The summed E-state index contributed by atoms with van der Waals surface area (Å²) >= 11 is 0. The number of methoxy groups -OCH3 is 1. The van der Waals surface area contributed by atoms with E-state index in [9.17, 15) is 4.79 Å². The number of nitrogens with zero attached hydrogens (tertiary/aromatic N) is 2. The van der Waals surface area contributed by atoms with E-state index in [0.717, 1.165) is 17.0 Å². The lowest BCUT2D eigenvalue weighted by Crippen LogP contribution is -2.03. The Labute approximate surface area is 87.5 Å². The summed E-state index contributed by atoms with van der Waals surface area (Å²) in [5, 5.41) is 0. The molecule has 4 heteroatoms. The summed E-state index contributed by atoms with van der Waals surface area (Å²) in [5.41, 5.74) is 2.51. The van der Waals surface area contributed by atoms with Crippen LogP contribution >= 0.6 is 0 Å². The van der Waals surface area contributed by atoms with Crippen LogP contribution in [0.25, 0.3) is 5.52 Å². The summed E-state index contributed by atoms with van der Waals surface area (Å²) in [6, 6.07) is 3.62. The third-order valence-corrected chi connectivity index (χ3v) is 2.42. The van der Waals surface area contributed by atoms with Gasteiger partial charge in [0.1, 0.15) is 5.82 Å². The van der Waals surface area contributed by atoms with Gasteiger partial charge in [-0.05, 0) is 26.0 Å². The van der Waals surface area contributed by atoms with E-state index >= 15 is 0 Å². The molecule has 0 fully saturated rings. The lowest BCUT2D eigenvalue weighted by atomic mass is 10.2. The van der Waals surface area contributed by atoms with Crippen LogP contribution in [0.4, 0.5) is 0 Å². The van der Waals surface area contributed by atoms with E-state index in [1.807, 2.05) is 24.3 Å². The maximum atomic E-state index is 11.3. The lowest BCUT2D eigenvalue weighted by molar-refractivity contribution is 0.0600. The van der Waals surface area contributed by atoms with Crippen molar-refractivity contribution in [3.63, 3.8) is 0 Å². The van der Waals surface area contributed by atoms with Crippen LogP contribution in [0.1, 0.15) is 21.9 Å². The second-order valence-electron chi connectivity index (χ2n) is 3.41. The first-order chi connectivity index (χ1) is 7.13. The Hall–Kier alpha value is -1.84.